The van der Waals surface area contributed by atoms with Crippen molar-refractivity contribution in [2.24, 2.45) is 13.0 Å². The Morgan fingerprint density at radius 1 is 1.24 bits per heavy atom. The van der Waals surface area contributed by atoms with Crippen molar-refractivity contribution in [1.82, 2.24) is 24.6 Å². The average Bonchev–Trinajstić information content (AvgIpc) is 3.00. The van der Waals surface area contributed by atoms with Gasteiger partial charge in [0.15, 0.2) is 5.65 Å². The molecule has 1 saturated heterocycles. The van der Waals surface area contributed by atoms with Crippen LogP contribution in [-0.4, -0.2) is 49.6 Å². The standard InChI is InChI=1S/C21H24N6O2/c1-13-6-4-8-18(23-13)24-20(28)15-7-5-9-27(12-15)21(29)16-10-17-14(2)25-26(3)19(17)22-11-16/h4,6,8,10-11,15H,5,7,9,12H2,1-3H3,(H,23,24,28). The van der Waals surface area contributed by atoms with Gasteiger partial charge in [0.05, 0.1) is 17.2 Å². The van der Waals surface area contributed by atoms with Crippen LogP contribution in [0.5, 0.6) is 0 Å². The Hall–Kier alpha value is -3.29. The van der Waals surface area contributed by atoms with Crippen molar-refractivity contribution in [2.75, 3.05) is 18.4 Å². The first-order valence-electron chi connectivity index (χ1n) is 9.75. The van der Waals surface area contributed by atoms with Crippen molar-refractivity contribution in [1.29, 1.82) is 0 Å². The Bertz CT molecular complexity index is 1090. The van der Waals surface area contributed by atoms with Gasteiger partial charge in [-0.25, -0.2) is 9.97 Å². The Kier molecular flexibility index (Phi) is 5.00. The summed E-state index contributed by atoms with van der Waals surface area (Å²) in [6, 6.07) is 7.35. The van der Waals surface area contributed by atoms with E-state index in [4.69, 9.17) is 0 Å². The zero-order valence-electron chi connectivity index (χ0n) is 16.8. The zero-order chi connectivity index (χ0) is 20.5. The molecule has 1 atom stereocenters. The smallest absolute Gasteiger partial charge is 0.255 e. The van der Waals surface area contributed by atoms with Crippen LogP contribution in [0.1, 0.15) is 34.6 Å². The number of hydrogen-bond donors (Lipinski definition) is 1. The molecule has 1 N–H and O–H groups in total. The van der Waals surface area contributed by atoms with E-state index in [-0.39, 0.29) is 17.7 Å². The molecular weight excluding hydrogens is 368 g/mol. The minimum absolute atomic E-state index is 0.0997. The van der Waals surface area contributed by atoms with Crippen LogP contribution < -0.4 is 5.32 Å². The number of amides is 2. The lowest BCUT2D eigenvalue weighted by Gasteiger charge is -2.32. The van der Waals surface area contributed by atoms with Crippen LogP contribution in [0.2, 0.25) is 0 Å². The number of aryl methyl sites for hydroxylation is 3. The third kappa shape index (κ3) is 3.83. The van der Waals surface area contributed by atoms with E-state index in [1.54, 1.807) is 21.8 Å². The number of aromatic nitrogens is 4. The molecule has 1 aliphatic rings. The Balaban J connectivity index is 1.48. The summed E-state index contributed by atoms with van der Waals surface area (Å²) in [7, 11) is 1.83. The number of fused-ring (bicyclic) bond motifs is 1. The number of pyridine rings is 2. The lowest BCUT2D eigenvalue weighted by Crippen LogP contribution is -2.43. The second-order valence-electron chi connectivity index (χ2n) is 7.55. The molecule has 2 amide bonds. The van der Waals surface area contributed by atoms with Gasteiger partial charge in [0.25, 0.3) is 5.91 Å². The molecule has 1 fully saturated rings. The molecule has 8 nitrogen and oxygen atoms in total. The number of anilines is 1. The first-order chi connectivity index (χ1) is 13.9. The van der Waals surface area contributed by atoms with Gasteiger partial charge in [-0.05, 0) is 44.9 Å². The second kappa shape index (κ2) is 7.62. The maximum atomic E-state index is 13.0. The van der Waals surface area contributed by atoms with Gasteiger partial charge in [0, 0.05) is 37.4 Å². The molecule has 0 saturated carbocycles. The Morgan fingerprint density at radius 3 is 2.86 bits per heavy atom. The predicted molar refractivity (Wildman–Crippen MR) is 109 cm³/mol. The number of carbonyl (C=O) groups excluding carboxylic acids is 2. The van der Waals surface area contributed by atoms with Crippen molar-refractivity contribution in [3.63, 3.8) is 0 Å². The molecule has 0 aromatic carbocycles. The summed E-state index contributed by atoms with van der Waals surface area (Å²) in [5, 5.41) is 8.10. The zero-order valence-corrected chi connectivity index (χ0v) is 16.8. The number of piperidine rings is 1. The van der Waals surface area contributed by atoms with Crippen molar-refractivity contribution < 1.29 is 9.59 Å². The molecule has 1 unspecified atom stereocenters. The summed E-state index contributed by atoms with van der Waals surface area (Å²) in [5.41, 5.74) is 2.96. The number of rotatable bonds is 3. The molecule has 0 aliphatic carbocycles. The van der Waals surface area contributed by atoms with Crippen LogP contribution in [0, 0.1) is 19.8 Å². The van der Waals surface area contributed by atoms with Gasteiger partial charge in [-0.2, -0.15) is 5.10 Å². The molecule has 0 radical (unpaired) electrons. The SMILES string of the molecule is Cc1cccc(NC(=O)C2CCCN(C(=O)c3cnc4c(c3)c(C)nn4C)C2)n1. The highest BCUT2D eigenvalue weighted by molar-refractivity contribution is 5.98. The average molecular weight is 392 g/mol. The topological polar surface area (TPSA) is 93.0 Å². The minimum atomic E-state index is -0.258. The summed E-state index contributed by atoms with van der Waals surface area (Å²) in [6.07, 6.45) is 3.12. The summed E-state index contributed by atoms with van der Waals surface area (Å²) in [5.74, 6) is 0.0816. The summed E-state index contributed by atoms with van der Waals surface area (Å²) < 4.78 is 1.71. The molecule has 8 heteroatoms. The molecule has 150 valence electrons. The molecular formula is C21H24N6O2. The highest BCUT2D eigenvalue weighted by atomic mass is 16.2. The van der Waals surface area contributed by atoms with E-state index in [1.165, 1.54) is 0 Å². The molecule has 0 spiro atoms. The van der Waals surface area contributed by atoms with Crippen molar-refractivity contribution in [3.05, 3.63) is 47.4 Å². The van der Waals surface area contributed by atoms with Gasteiger partial charge in [0.2, 0.25) is 5.91 Å². The van der Waals surface area contributed by atoms with Gasteiger partial charge in [-0.3, -0.25) is 14.3 Å². The fourth-order valence-corrected chi connectivity index (χ4v) is 3.82. The number of nitrogens with zero attached hydrogens (tertiary/aromatic N) is 5. The fraction of sp³-hybridized carbons (Fsp3) is 0.381. The molecule has 29 heavy (non-hydrogen) atoms. The van der Waals surface area contributed by atoms with E-state index in [0.717, 1.165) is 35.3 Å². The lowest BCUT2D eigenvalue weighted by molar-refractivity contribution is -0.121. The van der Waals surface area contributed by atoms with E-state index < -0.39 is 0 Å². The van der Waals surface area contributed by atoms with E-state index in [2.05, 4.69) is 20.4 Å². The van der Waals surface area contributed by atoms with Crippen LogP contribution in [0.3, 0.4) is 0 Å². The lowest BCUT2D eigenvalue weighted by atomic mass is 9.96. The van der Waals surface area contributed by atoms with Gasteiger partial charge < -0.3 is 10.2 Å². The first-order valence-corrected chi connectivity index (χ1v) is 9.75. The first kappa shape index (κ1) is 19.0. The minimum Gasteiger partial charge on any atom is -0.338 e. The number of hydrogen-bond acceptors (Lipinski definition) is 5. The molecule has 0 bridgehead atoms. The highest BCUT2D eigenvalue weighted by Gasteiger charge is 2.29. The molecule has 3 aromatic heterocycles. The largest absolute Gasteiger partial charge is 0.338 e. The third-order valence-electron chi connectivity index (χ3n) is 5.33. The Morgan fingerprint density at radius 2 is 2.07 bits per heavy atom. The maximum absolute atomic E-state index is 13.0. The maximum Gasteiger partial charge on any atom is 0.255 e. The van der Waals surface area contributed by atoms with E-state index in [9.17, 15) is 9.59 Å². The van der Waals surface area contributed by atoms with Crippen LogP contribution in [0.25, 0.3) is 11.0 Å². The van der Waals surface area contributed by atoms with Crippen molar-refractivity contribution >= 4 is 28.7 Å². The molecule has 3 aromatic rings. The van der Waals surface area contributed by atoms with Crippen LogP contribution in [0.15, 0.2) is 30.5 Å². The van der Waals surface area contributed by atoms with Gasteiger partial charge >= 0.3 is 0 Å². The molecule has 1 aliphatic heterocycles. The van der Waals surface area contributed by atoms with Crippen molar-refractivity contribution in [3.8, 4) is 0 Å². The van der Waals surface area contributed by atoms with Crippen LogP contribution >= 0.6 is 0 Å². The predicted octanol–water partition coefficient (Wildman–Crippen LogP) is 2.47. The van der Waals surface area contributed by atoms with Crippen LogP contribution in [-0.2, 0) is 11.8 Å². The quantitative estimate of drug-likeness (QED) is 0.739. The number of carbonyl (C=O) groups is 2. The third-order valence-corrected chi connectivity index (χ3v) is 5.33. The van der Waals surface area contributed by atoms with Crippen molar-refractivity contribution in [2.45, 2.75) is 26.7 Å². The van der Waals surface area contributed by atoms with Gasteiger partial charge in [0.1, 0.15) is 5.82 Å². The summed E-state index contributed by atoms with van der Waals surface area (Å²) in [6.45, 7) is 4.81. The Labute approximate surface area is 168 Å². The highest BCUT2D eigenvalue weighted by Crippen LogP contribution is 2.22. The number of nitrogens with one attached hydrogen (secondary N) is 1. The normalized spacial score (nSPS) is 16.8. The van der Waals surface area contributed by atoms with Crippen LogP contribution in [0.4, 0.5) is 5.82 Å². The van der Waals surface area contributed by atoms with E-state index in [0.29, 0.717) is 24.5 Å². The van der Waals surface area contributed by atoms with Gasteiger partial charge in [-0.15, -0.1) is 0 Å². The van der Waals surface area contributed by atoms with E-state index in [1.807, 2.05) is 39.1 Å². The monoisotopic (exact) mass is 392 g/mol. The molecule has 4 heterocycles. The summed E-state index contributed by atoms with van der Waals surface area (Å²) in [4.78, 5) is 36.2. The van der Waals surface area contributed by atoms with E-state index >= 15 is 0 Å². The summed E-state index contributed by atoms with van der Waals surface area (Å²) >= 11 is 0. The fourth-order valence-electron chi connectivity index (χ4n) is 3.82. The molecule has 4 rings (SSSR count). The second-order valence-corrected chi connectivity index (χ2v) is 7.55. The number of likely N-dealkylation sites (tertiary alicyclic amines) is 1. The van der Waals surface area contributed by atoms with Gasteiger partial charge in [-0.1, -0.05) is 6.07 Å².